The number of carbonyl (C=O) groups excluding carboxylic acids is 1. The summed E-state index contributed by atoms with van der Waals surface area (Å²) in [5.74, 6) is 0.272. The summed E-state index contributed by atoms with van der Waals surface area (Å²) >= 11 is 0. The maximum atomic E-state index is 12.1. The zero-order valence-electron chi connectivity index (χ0n) is 12.7. The lowest BCUT2D eigenvalue weighted by Gasteiger charge is -2.08. The van der Waals surface area contributed by atoms with Crippen molar-refractivity contribution in [3.05, 3.63) is 69.8 Å². The molecular weight excluding hydrogens is 298 g/mol. The molecule has 0 radical (unpaired) electrons. The van der Waals surface area contributed by atoms with Crippen molar-refractivity contribution in [3.8, 4) is 11.5 Å². The van der Waals surface area contributed by atoms with E-state index in [9.17, 15) is 14.9 Å². The van der Waals surface area contributed by atoms with Crippen LogP contribution in [0.1, 0.15) is 15.9 Å². The lowest BCUT2D eigenvalue weighted by Crippen LogP contribution is -1.97. The molecule has 23 heavy (non-hydrogen) atoms. The molecule has 0 saturated carbocycles. The predicted molar refractivity (Wildman–Crippen MR) is 86.0 cm³/mol. The molecule has 0 atom stereocenters. The molecule has 0 unspecified atom stereocenters. The number of hydrogen-bond donors (Lipinski definition) is 0. The lowest BCUT2D eigenvalue weighted by molar-refractivity contribution is -0.385. The van der Waals surface area contributed by atoms with Gasteiger partial charge in [0.05, 0.1) is 19.1 Å². The van der Waals surface area contributed by atoms with Crippen LogP contribution < -0.4 is 9.47 Å². The number of allylic oxidation sites excluding steroid dienone is 1. The maximum absolute atomic E-state index is 12.1. The number of benzene rings is 2. The van der Waals surface area contributed by atoms with Gasteiger partial charge in [0.25, 0.3) is 0 Å². The Labute approximate surface area is 133 Å². The Morgan fingerprint density at radius 1 is 1.09 bits per heavy atom. The molecule has 0 heterocycles. The van der Waals surface area contributed by atoms with Crippen LogP contribution in [0.3, 0.4) is 0 Å². The van der Waals surface area contributed by atoms with Gasteiger partial charge in [0.15, 0.2) is 5.78 Å². The first-order valence-electron chi connectivity index (χ1n) is 6.74. The Balaban J connectivity index is 2.38. The molecule has 0 aliphatic carbocycles. The number of nitro benzene ring substituents is 1. The van der Waals surface area contributed by atoms with Crippen LogP contribution in [0.5, 0.6) is 11.5 Å². The molecule has 0 aliphatic rings. The van der Waals surface area contributed by atoms with Gasteiger partial charge in [-0.25, -0.2) is 0 Å². The van der Waals surface area contributed by atoms with Crippen LogP contribution >= 0.6 is 0 Å². The molecule has 2 rings (SSSR count). The molecule has 118 valence electrons. The smallest absolute Gasteiger partial charge is 0.311 e. The van der Waals surface area contributed by atoms with E-state index in [4.69, 9.17) is 9.47 Å². The highest BCUT2D eigenvalue weighted by Gasteiger charge is 2.18. The van der Waals surface area contributed by atoms with Crippen LogP contribution in [0.4, 0.5) is 5.69 Å². The Hall–Kier alpha value is -3.15. The maximum Gasteiger partial charge on any atom is 0.311 e. The van der Waals surface area contributed by atoms with Crippen molar-refractivity contribution in [3.63, 3.8) is 0 Å². The average molecular weight is 313 g/mol. The van der Waals surface area contributed by atoms with Gasteiger partial charge in [-0.05, 0) is 12.2 Å². The zero-order valence-corrected chi connectivity index (χ0v) is 12.7. The molecule has 0 fully saturated rings. The average Bonchev–Trinajstić information content (AvgIpc) is 2.59. The third-order valence-corrected chi connectivity index (χ3v) is 3.20. The van der Waals surface area contributed by atoms with Crippen LogP contribution in [-0.4, -0.2) is 24.9 Å². The third-order valence-electron chi connectivity index (χ3n) is 3.20. The normalized spacial score (nSPS) is 10.5. The van der Waals surface area contributed by atoms with Gasteiger partial charge in [0.2, 0.25) is 5.75 Å². The molecule has 0 aromatic heterocycles. The van der Waals surface area contributed by atoms with Gasteiger partial charge in [-0.15, -0.1) is 0 Å². The molecule has 6 nitrogen and oxygen atoms in total. The van der Waals surface area contributed by atoms with E-state index in [1.54, 1.807) is 24.3 Å². The molecule has 0 amide bonds. The Morgan fingerprint density at radius 3 is 2.30 bits per heavy atom. The summed E-state index contributed by atoms with van der Waals surface area (Å²) < 4.78 is 10.2. The molecule has 0 N–H and O–H groups in total. The molecule has 0 spiro atoms. The minimum Gasteiger partial charge on any atom is -0.496 e. The van der Waals surface area contributed by atoms with E-state index in [-0.39, 0.29) is 17.2 Å². The lowest BCUT2D eigenvalue weighted by atomic mass is 10.1. The highest BCUT2D eigenvalue weighted by molar-refractivity contribution is 6.06. The van der Waals surface area contributed by atoms with E-state index in [0.717, 1.165) is 0 Å². The summed E-state index contributed by atoms with van der Waals surface area (Å²) in [7, 11) is 2.78. The number of ketones is 1. The van der Waals surface area contributed by atoms with E-state index >= 15 is 0 Å². The molecule has 2 aromatic rings. The van der Waals surface area contributed by atoms with Crippen molar-refractivity contribution in [1.82, 2.24) is 0 Å². The molecule has 6 heteroatoms. The number of methoxy groups -OCH3 is 2. The van der Waals surface area contributed by atoms with Gasteiger partial charge in [0.1, 0.15) is 5.75 Å². The minimum absolute atomic E-state index is 0.0957. The number of nitrogens with zero attached hydrogens (tertiary/aromatic N) is 1. The van der Waals surface area contributed by atoms with E-state index in [2.05, 4.69) is 0 Å². The van der Waals surface area contributed by atoms with Crippen molar-refractivity contribution >= 4 is 17.5 Å². The van der Waals surface area contributed by atoms with Gasteiger partial charge >= 0.3 is 5.69 Å². The highest BCUT2D eigenvalue weighted by atomic mass is 16.6. The SMILES string of the molecule is COc1cc(OC)c([N+](=O)[O-])cc1/C=C/C(=O)c1ccccc1. The van der Waals surface area contributed by atoms with E-state index < -0.39 is 4.92 Å². The summed E-state index contributed by atoms with van der Waals surface area (Å²) in [6.07, 6.45) is 2.84. The van der Waals surface area contributed by atoms with Gasteiger partial charge in [-0.2, -0.15) is 0 Å². The molecule has 0 aliphatic heterocycles. The van der Waals surface area contributed by atoms with Crippen LogP contribution in [-0.2, 0) is 0 Å². The zero-order chi connectivity index (χ0) is 16.8. The van der Waals surface area contributed by atoms with Gasteiger partial charge < -0.3 is 9.47 Å². The first-order chi connectivity index (χ1) is 11.1. The summed E-state index contributed by atoms with van der Waals surface area (Å²) in [6.45, 7) is 0. The molecule has 0 bridgehead atoms. The number of nitro groups is 1. The molecule has 0 saturated heterocycles. The molecular formula is C17H15NO5. The Kier molecular flexibility index (Phi) is 5.09. The second-order valence-electron chi connectivity index (χ2n) is 4.59. The van der Waals surface area contributed by atoms with Crippen LogP contribution in [0.15, 0.2) is 48.5 Å². The van der Waals surface area contributed by atoms with Crippen LogP contribution in [0.25, 0.3) is 6.08 Å². The van der Waals surface area contributed by atoms with Crippen LogP contribution in [0.2, 0.25) is 0 Å². The van der Waals surface area contributed by atoms with Gasteiger partial charge in [0, 0.05) is 23.3 Å². The Bertz CT molecular complexity index is 753. The summed E-state index contributed by atoms with van der Waals surface area (Å²) in [5, 5.41) is 11.1. The second kappa shape index (κ2) is 7.22. The first kappa shape index (κ1) is 16.2. The summed E-state index contributed by atoms with van der Waals surface area (Å²) in [6, 6.07) is 11.5. The predicted octanol–water partition coefficient (Wildman–Crippen LogP) is 3.51. The van der Waals surface area contributed by atoms with Crippen molar-refractivity contribution in [2.45, 2.75) is 0 Å². The minimum atomic E-state index is -0.547. The standard InChI is InChI=1S/C17H15NO5/c1-22-16-11-17(23-2)14(18(20)21)10-13(16)8-9-15(19)12-6-4-3-5-7-12/h3-11H,1-2H3/b9-8+. The fraction of sp³-hybridized carbons (Fsp3) is 0.118. The third kappa shape index (κ3) is 3.74. The summed E-state index contributed by atoms with van der Waals surface area (Å²) in [4.78, 5) is 22.6. The number of rotatable bonds is 6. The van der Waals surface area contributed by atoms with E-state index in [1.165, 1.54) is 38.5 Å². The number of carbonyl (C=O) groups is 1. The van der Waals surface area contributed by atoms with Crippen molar-refractivity contribution in [2.24, 2.45) is 0 Å². The first-order valence-corrected chi connectivity index (χ1v) is 6.74. The fourth-order valence-corrected chi connectivity index (χ4v) is 2.04. The topological polar surface area (TPSA) is 78.7 Å². The van der Waals surface area contributed by atoms with E-state index in [0.29, 0.717) is 16.9 Å². The van der Waals surface area contributed by atoms with Crippen LogP contribution in [0, 0.1) is 10.1 Å². The number of hydrogen-bond acceptors (Lipinski definition) is 5. The van der Waals surface area contributed by atoms with E-state index in [1.807, 2.05) is 6.07 Å². The highest BCUT2D eigenvalue weighted by Crippen LogP contribution is 2.35. The fourth-order valence-electron chi connectivity index (χ4n) is 2.04. The largest absolute Gasteiger partial charge is 0.496 e. The van der Waals surface area contributed by atoms with Gasteiger partial charge in [-0.3, -0.25) is 14.9 Å². The van der Waals surface area contributed by atoms with Crippen molar-refractivity contribution in [1.29, 1.82) is 0 Å². The monoisotopic (exact) mass is 313 g/mol. The van der Waals surface area contributed by atoms with Crippen molar-refractivity contribution < 1.29 is 19.2 Å². The Morgan fingerprint density at radius 2 is 1.74 bits per heavy atom. The van der Waals surface area contributed by atoms with Crippen molar-refractivity contribution in [2.75, 3.05) is 14.2 Å². The number of ether oxygens (including phenoxy) is 2. The quantitative estimate of drug-likeness (QED) is 0.353. The van der Waals surface area contributed by atoms with Gasteiger partial charge in [-0.1, -0.05) is 30.3 Å². The second-order valence-corrected chi connectivity index (χ2v) is 4.59. The molecule has 2 aromatic carbocycles. The summed E-state index contributed by atoms with van der Waals surface area (Å²) in [5.41, 5.74) is 0.759.